The van der Waals surface area contributed by atoms with Crippen LogP contribution in [0.4, 0.5) is 11.6 Å². The van der Waals surface area contributed by atoms with Crippen molar-refractivity contribution in [2.75, 3.05) is 49.1 Å². The lowest BCUT2D eigenvalue weighted by Gasteiger charge is -2.35. The van der Waals surface area contributed by atoms with Gasteiger partial charge in [0.15, 0.2) is 11.6 Å². The molecule has 6 heteroatoms. The molecule has 2 aromatic rings. The molecule has 1 aromatic carbocycles. The number of piperazine rings is 1. The van der Waals surface area contributed by atoms with E-state index in [1.807, 2.05) is 48.2 Å². The highest BCUT2D eigenvalue weighted by atomic mass is 16.2. The predicted molar refractivity (Wildman–Crippen MR) is 105 cm³/mol. The summed E-state index contributed by atoms with van der Waals surface area (Å²) in [5.74, 6) is 1.90. The van der Waals surface area contributed by atoms with Gasteiger partial charge in [-0.1, -0.05) is 17.7 Å². The zero-order valence-electron chi connectivity index (χ0n) is 15.9. The molecule has 138 valence electrons. The van der Waals surface area contributed by atoms with Crippen LogP contribution >= 0.6 is 0 Å². The average Bonchev–Trinajstić information content (AvgIpc) is 2.69. The van der Waals surface area contributed by atoms with Crippen molar-refractivity contribution in [2.45, 2.75) is 20.8 Å². The summed E-state index contributed by atoms with van der Waals surface area (Å²) in [6, 6.07) is 11.8. The van der Waals surface area contributed by atoms with E-state index in [1.54, 1.807) is 0 Å². The van der Waals surface area contributed by atoms with Crippen molar-refractivity contribution >= 4 is 17.5 Å². The minimum Gasteiger partial charge on any atom is -0.356 e. The predicted octanol–water partition coefficient (Wildman–Crippen LogP) is 2.59. The zero-order valence-corrected chi connectivity index (χ0v) is 15.9. The largest absolute Gasteiger partial charge is 0.356 e. The molecule has 3 rings (SSSR count). The molecule has 0 bridgehead atoms. The summed E-state index contributed by atoms with van der Waals surface area (Å²) in [5.41, 5.74) is 1.87. The van der Waals surface area contributed by atoms with Crippen LogP contribution < -0.4 is 9.80 Å². The van der Waals surface area contributed by atoms with Gasteiger partial charge in [0.05, 0.1) is 0 Å². The summed E-state index contributed by atoms with van der Waals surface area (Å²) in [6.07, 6.45) is 0. The quantitative estimate of drug-likeness (QED) is 0.827. The second-order valence-electron chi connectivity index (χ2n) is 6.57. The van der Waals surface area contributed by atoms with E-state index in [0.29, 0.717) is 13.1 Å². The molecular weight excluding hydrogens is 326 g/mol. The number of carbonyl (C=O) groups excluding carboxylic acids is 1. The van der Waals surface area contributed by atoms with E-state index in [9.17, 15) is 4.79 Å². The van der Waals surface area contributed by atoms with Crippen molar-refractivity contribution in [1.82, 2.24) is 15.1 Å². The minimum atomic E-state index is 0.108. The van der Waals surface area contributed by atoms with Gasteiger partial charge >= 0.3 is 0 Å². The Morgan fingerprint density at radius 2 is 1.77 bits per heavy atom. The summed E-state index contributed by atoms with van der Waals surface area (Å²) >= 11 is 0. The van der Waals surface area contributed by atoms with Gasteiger partial charge in [-0.15, -0.1) is 10.2 Å². The summed E-state index contributed by atoms with van der Waals surface area (Å²) < 4.78 is 0. The molecule has 1 aliphatic heterocycles. The molecule has 0 N–H and O–H groups in total. The van der Waals surface area contributed by atoms with Gasteiger partial charge in [-0.2, -0.15) is 0 Å². The molecule has 1 aliphatic rings. The number of benzene rings is 1. The second-order valence-corrected chi connectivity index (χ2v) is 6.57. The number of anilines is 2. The van der Waals surface area contributed by atoms with Crippen LogP contribution in [0.25, 0.3) is 0 Å². The summed E-state index contributed by atoms with van der Waals surface area (Å²) in [4.78, 5) is 18.9. The van der Waals surface area contributed by atoms with Gasteiger partial charge in [0.2, 0.25) is 0 Å². The highest BCUT2D eigenvalue weighted by molar-refractivity contribution is 5.94. The Morgan fingerprint density at radius 1 is 1.04 bits per heavy atom. The Balaban J connectivity index is 1.60. The molecular formula is C20H27N5O. The van der Waals surface area contributed by atoms with Crippen molar-refractivity contribution in [3.63, 3.8) is 0 Å². The third-order valence-electron chi connectivity index (χ3n) is 4.88. The van der Waals surface area contributed by atoms with Crippen molar-refractivity contribution in [3.8, 4) is 0 Å². The van der Waals surface area contributed by atoms with E-state index in [1.165, 1.54) is 0 Å². The molecule has 0 spiro atoms. The van der Waals surface area contributed by atoms with Crippen molar-refractivity contribution in [3.05, 3.63) is 47.5 Å². The number of aryl methyl sites for hydroxylation is 1. The fourth-order valence-corrected chi connectivity index (χ4v) is 3.30. The van der Waals surface area contributed by atoms with E-state index < -0.39 is 0 Å². The molecule has 1 aromatic heterocycles. The Bertz CT molecular complexity index is 734. The Hall–Kier alpha value is -2.63. The van der Waals surface area contributed by atoms with Crippen LogP contribution in [-0.2, 0) is 0 Å². The van der Waals surface area contributed by atoms with Crippen molar-refractivity contribution in [2.24, 2.45) is 0 Å². The molecule has 0 atom stereocenters. The molecule has 1 saturated heterocycles. The first-order valence-corrected chi connectivity index (χ1v) is 9.32. The number of aromatic nitrogens is 2. The van der Waals surface area contributed by atoms with Gasteiger partial charge in [-0.25, -0.2) is 0 Å². The fourth-order valence-electron chi connectivity index (χ4n) is 3.30. The van der Waals surface area contributed by atoms with Crippen LogP contribution in [0.5, 0.6) is 0 Å². The maximum atomic E-state index is 12.7. The smallest absolute Gasteiger partial charge is 0.253 e. The number of hydrogen-bond acceptors (Lipinski definition) is 5. The van der Waals surface area contributed by atoms with E-state index in [4.69, 9.17) is 0 Å². The molecule has 0 aliphatic carbocycles. The lowest BCUT2D eigenvalue weighted by Crippen LogP contribution is -2.49. The topological polar surface area (TPSA) is 52.6 Å². The van der Waals surface area contributed by atoms with Gasteiger partial charge in [-0.05, 0) is 45.0 Å². The molecule has 2 heterocycles. The number of amides is 1. The zero-order chi connectivity index (χ0) is 18.5. The Labute approximate surface area is 155 Å². The molecule has 0 saturated carbocycles. The van der Waals surface area contributed by atoms with Crippen LogP contribution in [0.1, 0.15) is 29.8 Å². The first-order valence-electron chi connectivity index (χ1n) is 9.32. The molecule has 26 heavy (non-hydrogen) atoms. The highest BCUT2D eigenvalue weighted by Gasteiger charge is 2.23. The van der Waals surface area contributed by atoms with Crippen LogP contribution in [-0.4, -0.2) is 60.3 Å². The standard InChI is InChI=1S/C20H27N5O/c1-4-23(5-2)18-9-10-19(22-21-18)24-11-13-25(14-12-24)20(26)17-8-6-7-16(3)15-17/h6-10,15H,4-5,11-14H2,1-3H3. The van der Waals surface area contributed by atoms with Crippen molar-refractivity contribution < 1.29 is 4.79 Å². The third kappa shape index (κ3) is 3.95. The Kier molecular flexibility index (Phi) is 5.71. The summed E-state index contributed by atoms with van der Waals surface area (Å²) in [6.45, 7) is 11.0. The van der Waals surface area contributed by atoms with Crippen LogP contribution in [0.3, 0.4) is 0 Å². The number of nitrogens with zero attached hydrogens (tertiary/aromatic N) is 5. The van der Waals surface area contributed by atoms with Crippen LogP contribution in [0, 0.1) is 6.92 Å². The van der Waals surface area contributed by atoms with Gasteiger partial charge in [0, 0.05) is 44.8 Å². The van der Waals surface area contributed by atoms with Crippen LogP contribution in [0.2, 0.25) is 0 Å². The molecule has 1 amide bonds. The Morgan fingerprint density at radius 3 is 2.35 bits per heavy atom. The first kappa shape index (κ1) is 18.2. The summed E-state index contributed by atoms with van der Waals surface area (Å²) in [5, 5.41) is 8.75. The number of rotatable bonds is 5. The molecule has 6 nitrogen and oxygen atoms in total. The maximum Gasteiger partial charge on any atom is 0.253 e. The normalized spacial score (nSPS) is 14.4. The van der Waals surface area contributed by atoms with E-state index in [2.05, 4.69) is 33.8 Å². The van der Waals surface area contributed by atoms with E-state index >= 15 is 0 Å². The monoisotopic (exact) mass is 353 g/mol. The third-order valence-corrected chi connectivity index (χ3v) is 4.88. The molecule has 0 radical (unpaired) electrons. The average molecular weight is 353 g/mol. The minimum absolute atomic E-state index is 0.108. The number of hydrogen-bond donors (Lipinski definition) is 0. The lowest BCUT2D eigenvalue weighted by atomic mass is 10.1. The van der Waals surface area contributed by atoms with Gasteiger partial charge < -0.3 is 14.7 Å². The molecule has 1 fully saturated rings. The lowest BCUT2D eigenvalue weighted by molar-refractivity contribution is 0.0746. The second kappa shape index (κ2) is 8.17. The maximum absolute atomic E-state index is 12.7. The van der Waals surface area contributed by atoms with Crippen molar-refractivity contribution in [1.29, 1.82) is 0 Å². The summed E-state index contributed by atoms with van der Waals surface area (Å²) in [7, 11) is 0. The fraction of sp³-hybridized carbons (Fsp3) is 0.450. The first-order chi connectivity index (χ1) is 12.6. The highest BCUT2D eigenvalue weighted by Crippen LogP contribution is 2.17. The number of carbonyl (C=O) groups is 1. The van der Waals surface area contributed by atoms with E-state index in [-0.39, 0.29) is 5.91 Å². The van der Waals surface area contributed by atoms with Gasteiger partial charge in [0.1, 0.15) is 0 Å². The van der Waals surface area contributed by atoms with E-state index in [0.717, 1.165) is 48.9 Å². The van der Waals surface area contributed by atoms with Crippen LogP contribution in [0.15, 0.2) is 36.4 Å². The molecule has 0 unspecified atom stereocenters. The SMILES string of the molecule is CCN(CC)c1ccc(N2CCN(C(=O)c3cccc(C)c3)CC2)nn1. The van der Waals surface area contributed by atoms with Gasteiger partial charge in [0.25, 0.3) is 5.91 Å². The van der Waals surface area contributed by atoms with Gasteiger partial charge in [-0.3, -0.25) is 4.79 Å².